The summed E-state index contributed by atoms with van der Waals surface area (Å²) < 4.78 is 5.08. The Kier molecular flexibility index (Phi) is 4.08. The highest BCUT2D eigenvalue weighted by molar-refractivity contribution is 5.86. The molecule has 0 spiro atoms. The molecule has 0 aromatic carbocycles. The first-order valence-electron chi connectivity index (χ1n) is 5.21. The van der Waals surface area contributed by atoms with Gasteiger partial charge in [0.1, 0.15) is 12.1 Å². The number of aliphatic carboxylic acids is 1. The number of rotatable bonds is 6. The zero-order valence-electron chi connectivity index (χ0n) is 9.03. The molecular weight excluding hydrogens is 198 g/mol. The summed E-state index contributed by atoms with van der Waals surface area (Å²) >= 11 is 0. The van der Waals surface area contributed by atoms with Crippen molar-refractivity contribution in [1.29, 1.82) is 0 Å². The summed E-state index contributed by atoms with van der Waals surface area (Å²) in [6.07, 6.45) is 1.16. The van der Waals surface area contributed by atoms with Crippen LogP contribution in [-0.2, 0) is 14.3 Å². The van der Waals surface area contributed by atoms with Gasteiger partial charge in [0.25, 0.3) is 0 Å². The lowest BCUT2D eigenvalue weighted by atomic mass is 10.2. The summed E-state index contributed by atoms with van der Waals surface area (Å²) in [7, 11) is 0. The number of nitrogens with one attached hydrogen (secondary N) is 1. The molecule has 1 aliphatic rings. The third-order valence-corrected chi connectivity index (χ3v) is 2.44. The average Bonchev–Trinajstić information content (AvgIpc) is 2.97. The van der Waals surface area contributed by atoms with Crippen LogP contribution in [0.1, 0.15) is 26.7 Å². The Labute approximate surface area is 88.8 Å². The standard InChI is InChI=1S/C10H17NO4/c1-3-15-6(2)9(12)11-8(10(13)14)7-4-5-7/h6-8H,3-5H2,1-2H3,(H,11,12)(H,13,14). The van der Waals surface area contributed by atoms with Crippen LogP contribution in [0.3, 0.4) is 0 Å². The maximum absolute atomic E-state index is 11.5. The van der Waals surface area contributed by atoms with Crippen LogP contribution in [0, 0.1) is 5.92 Å². The van der Waals surface area contributed by atoms with Crippen LogP contribution in [-0.4, -0.2) is 35.7 Å². The van der Waals surface area contributed by atoms with Gasteiger partial charge in [-0.1, -0.05) is 0 Å². The Morgan fingerprint density at radius 3 is 2.53 bits per heavy atom. The van der Waals surface area contributed by atoms with E-state index in [2.05, 4.69) is 5.32 Å². The lowest BCUT2D eigenvalue weighted by molar-refractivity contribution is -0.144. The van der Waals surface area contributed by atoms with E-state index in [-0.39, 0.29) is 11.8 Å². The monoisotopic (exact) mass is 215 g/mol. The molecule has 0 aromatic rings. The Bertz CT molecular complexity index is 250. The van der Waals surface area contributed by atoms with Crippen LogP contribution >= 0.6 is 0 Å². The third kappa shape index (κ3) is 3.51. The molecule has 2 atom stereocenters. The molecule has 1 aliphatic carbocycles. The summed E-state index contributed by atoms with van der Waals surface area (Å²) in [4.78, 5) is 22.3. The smallest absolute Gasteiger partial charge is 0.326 e. The molecule has 2 N–H and O–H groups in total. The average molecular weight is 215 g/mol. The minimum atomic E-state index is -0.963. The summed E-state index contributed by atoms with van der Waals surface area (Å²) in [6, 6.07) is -0.750. The summed E-state index contributed by atoms with van der Waals surface area (Å²) in [5.41, 5.74) is 0. The highest BCUT2D eigenvalue weighted by Gasteiger charge is 2.37. The molecule has 0 heterocycles. The molecule has 5 nitrogen and oxygen atoms in total. The van der Waals surface area contributed by atoms with Crippen LogP contribution < -0.4 is 5.32 Å². The first-order valence-corrected chi connectivity index (χ1v) is 5.21. The fraction of sp³-hybridized carbons (Fsp3) is 0.800. The highest BCUT2D eigenvalue weighted by atomic mass is 16.5. The van der Waals surface area contributed by atoms with Crippen molar-refractivity contribution in [1.82, 2.24) is 5.32 Å². The molecule has 1 saturated carbocycles. The molecule has 0 radical (unpaired) electrons. The molecular formula is C10H17NO4. The molecule has 15 heavy (non-hydrogen) atoms. The first kappa shape index (κ1) is 12.0. The lowest BCUT2D eigenvalue weighted by Gasteiger charge is -2.17. The van der Waals surface area contributed by atoms with E-state index >= 15 is 0 Å². The van der Waals surface area contributed by atoms with E-state index < -0.39 is 18.1 Å². The van der Waals surface area contributed by atoms with Crippen molar-refractivity contribution >= 4 is 11.9 Å². The summed E-state index contributed by atoms with van der Waals surface area (Å²) in [6.45, 7) is 3.85. The molecule has 0 aromatic heterocycles. The molecule has 1 rings (SSSR count). The van der Waals surface area contributed by atoms with Gasteiger partial charge in [0.15, 0.2) is 0 Å². The van der Waals surface area contributed by atoms with Crippen molar-refractivity contribution in [2.24, 2.45) is 5.92 Å². The van der Waals surface area contributed by atoms with Crippen molar-refractivity contribution in [3.05, 3.63) is 0 Å². The van der Waals surface area contributed by atoms with Crippen molar-refractivity contribution in [3.63, 3.8) is 0 Å². The maximum Gasteiger partial charge on any atom is 0.326 e. The Balaban J connectivity index is 2.43. The number of carbonyl (C=O) groups excluding carboxylic acids is 1. The minimum absolute atomic E-state index is 0.0975. The minimum Gasteiger partial charge on any atom is -0.480 e. The predicted octanol–water partition coefficient (Wildman–Crippen LogP) is 0.391. The summed E-state index contributed by atoms with van der Waals surface area (Å²) in [5, 5.41) is 11.4. The van der Waals surface area contributed by atoms with Crippen molar-refractivity contribution in [2.45, 2.75) is 38.8 Å². The van der Waals surface area contributed by atoms with Crippen LogP contribution in [0.25, 0.3) is 0 Å². The first-order chi connectivity index (χ1) is 7.06. The van der Waals surface area contributed by atoms with Gasteiger partial charge in [-0.2, -0.15) is 0 Å². The molecule has 0 bridgehead atoms. The Morgan fingerprint density at radius 1 is 1.53 bits per heavy atom. The second-order valence-corrected chi connectivity index (χ2v) is 3.76. The fourth-order valence-corrected chi connectivity index (χ4v) is 1.41. The Morgan fingerprint density at radius 2 is 2.13 bits per heavy atom. The molecule has 0 aliphatic heterocycles. The SMILES string of the molecule is CCOC(C)C(=O)NC(C(=O)O)C1CC1. The largest absolute Gasteiger partial charge is 0.480 e. The van der Waals surface area contributed by atoms with E-state index in [0.29, 0.717) is 6.61 Å². The number of hydrogen-bond donors (Lipinski definition) is 2. The molecule has 86 valence electrons. The van der Waals surface area contributed by atoms with Gasteiger partial charge < -0.3 is 15.2 Å². The lowest BCUT2D eigenvalue weighted by Crippen LogP contribution is -2.46. The zero-order chi connectivity index (χ0) is 11.4. The van der Waals surface area contributed by atoms with Gasteiger partial charge >= 0.3 is 5.97 Å². The van der Waals surface area contributed by atoms with Crippen molar-refractivity contribution in [2.75, 3.05) is 6.61 Å². The Hall–Kier alpha value is -1.10. The van der Waals surface area contributed by atoms with E-state index in [9.17, 15) is 9.59 Å². The van der Waals surface area contributed by atoms with Crippen molar-refractivity contribution < 1.29 is 19.4 Å². The fourth-order valence-electron chi connectivity index (χ4n) is 1.41. The number of ether oxygens (including phenoxy) is 1. The van der Waals surface area contributed by atoms with Crippen LogP contribution in [0.15, 0.2) is 0 Å². The van der Waals surface area contributed by atoms with Gasteiger partial charge in [-0.25, -0.2) is 4.79 Å². The van der Waals surface area contributed by atoms with E-state index in [1.54, 1.807) is 13.8 Å². The highest BCUT2D eigenvalue weighted by Crippen LogP contribution is 2.32. The zero-order valence-corrected chi connectivity index (χ0v) is 9.03. The quantitative estimate of drug-likeness (QED) is 0.672. The third-order valence-electron chi connectivity index (χ3n) is 2.44. The topological polar surface area (TPSA) is 75.6 Å². The van der Waals surface area contributed by atoms with E-state index in [1.807, 2.05) is 0 Å². The van der Waals surface area contributed by atoms with E-state index in [0.717, 1.165) is 12.8 Å². The second kappa shape index (κ2) is 5.11. The van der Waals surface area contributed by atoms with Crippen LogP contribution in [0.2, 0.25) is 0 Å². The number of carboxylic acid groups (broad SMARTS) is 1. The van der Waals surface area contributed by atoms with Gasteiger partial charge in [0.05, 0.1) is 0 Å². The number of amides is 1. The van der Waals surface area contributed by atoms with Gasteiger partial charge in [0, 0.05) is 6.61 Å². The molecule has 0 saturated heterocycles. The van der Waals surface area contributed by atoms with Gasteiger partial charge in [-0.3, -0.25) is 4.79 Å². The van der Waals surface area contributed by atoms with Crippen molar-refractivity contribution in [3.8, 4) is 0 Å². The number of hydrogen-bond acceptors (Lipinski definition) is 3. The van der Waals surface area contributed by atoms with Gasteiger partial charge in [0.2, 0.25) is 5.91 Å². The molecule has 5 heteroatoms. The number of carbonyl (C=O) groups is 2. The van der Waals surface area contributed by atoms with Gasteiger partial charge in [-0.05, 0) is 32.6 Å². The predicted molar refractivity (Wildman–Crippen MR) is 53.4 cm³/mol. The number of carboxylic acids is 1. The van der Waals surface area contributed by atoms with Gasteiger partial charge in [-0.15, -0.1) is 0 Å². The normalized spacial score (nSPS) is 19.3. The molecule has 2 unspecified atom stereocenters. The molecule has 1 amide bonds. The summed E-state index contributed by atoms with van der Waals surface area (Å²) in [5.74, 6) is -1.22. The molecule has 1 fully saturated rings. The van der Waals surface area contributed by atoms with Crippen LogP contribution in [0.4, 0.5) is 0 Å². The van der Waals surface area contributed by atoms with E-state index in [4.69, 9.17) is 9.84 Å². The van der Waals surface area contributed by atoms with E-state index in [1.165, 1.54) is 0 Å². The van der Waals surface area contributed by atoms with Crippen LogP contribution in [0.5, 0.6) is 0 Å². The maximum atomic E-state index is 11.5. The second-order valence-electron chi connectivity index (χ2n) is 3.76.